The van der Waals surface area contributed by atoms with Crippen LogP contribution in [-0.4, -0.2) is 22.5 Å². The summed E-state index contributed by atoms with van der Waals surface area (Å²) in [5, 5.41) is 0. The van der Waals surface area contributed by atoms with E-state index in [-0.39, 0.29) is 0 Å². The molecule has 0 aliphatic heterocycles. The van der Waals surface area contributed by atoms with Gasteiger partial charge >= 0.3 is 0 Å². The van der Waals surface area contributed by atoms with Gasteiger partial charge in [0.05, 0.1) is 20.5 Å². The summed E-state index contributed by atoms with van der Waals surface area (Å²) in [4.78, 5) is 0. The maximum absolute atomic E-state index is 5.69. The molecule has 0 saturated carbocycles. The summed E-state index contributed by atoms with van der Waals surface area (Å²) in [5.41, 5.74) is 0. The number of methoxy groups -OCH3 is 2. The van der Waals surface area contributed by atoms with Gasteiger partial charge in [-0.15, -0.1) is 0 Å². The standard InChI is InChI=1S/C9H18O3Si/c1-10-7-6-9(8-11-2)12-13(3,4)5/h6-8H,1-5H3. The van der Waals surface area contributed by atoms with E-state index in [0.29, 0.717) is 5.76 Å². The van der Waals surface area contributed by atoms with Crippen molar-refractivity contribution in [3.63, 3.8) is 0 Å². The highest BCUT2D eigenvalue weighted by atomic mass is 28.4. The lowest BCUT2D eigenvalue weighted by molar-refractivity contribution is 0.303. The molecule has 3 nitrogen and oxygen atoms in total. The molecule has 0 rings (SSSR count). The van der Waals surface area contributed by atoms with E-state index in [2.05, 4.69) is 19.6 Å². The van der Waals surface area contributed by atoms with Crippen molar-refractivity contribution in [2.24, 2.45) is 0 Å². The lowest BCUT2D eigenvalue weighted by Crippen LogP contribution is -2.24. The summed E-state index contributed by atoms with van der Waals surface area (Å²) < 4.78 is 15.4. The van der Waals surface area contributed by atoms with Gasteiger partial charge in [0.15, 0.2) is 0 Å². The molecule has 0 heterocycles. The zero-order valence-electron chi connectivity index (χ0n) is 8.96. The molecule has 0 spiro atoms. The highest BCUT2D eigenvalue weighted by molar-refractivity contribution is 6.70. The quantitative estimate of drug-likeness (QED) is 0.389. The summed E-state index contributed by atoms with van der Waals surface area (Å²) in [6.07, 6.45) is 4.86. The lowest BCUT2D eigenvalue weighted by atomic mass is 10.5. The highest BCUT2D eigenvalue weighted by Crippen LogP contribution is 2.11. The molecule has 0 atom stereocenters. The fourth-order valence-electron chi connectivity index (χ4n) is 0.702. The molecule has 0 radical (unpaired) electrons. The van der Waals surface area contributed by atoms with Gasteiger partial charge in [0.25, 0.3) is 0 Å². The van der Waals surface area contributed by atoms with Crippen LogP contribution in [0.4, 0.5) is 0 Å². The van der Waals surface area contributed by atoms with Crippen LogP contribution in [-0.2, 0) is 13.9 Å². The summed E-state index contributed by atoms with van der Waals surface area (Å²) >= 11 is 0. The molecule has 0 bridgehead atoms. The third-order valence-electron chi connectivity index (χ3n) is 1.03. The molecular formula is C9H18O3Si. The Balaban J connectivity index is 4.28. The Kier molecular flexibility index (Phi) is 5.30. The van der Waals surface area contributed by atoms with Gasteiger partial charge in [0, 0.05) is 6.08 Å². The van der Waals surface area contributed by atoms with Gasteiger partial charge < -0.3 is 13.9 Å². The van der Waals surface area contributed by atoms with Crippen LogP contribution in [0.3, 0.4) is 0 Å². The summed E-state index contributed by atoms with van der Waals surface area (Å²) in [5.74, 6) is 0.698. The minimum absolute atomic E-state index is 0.698. The predicted molar refractivity (Wildman–Crippen MR) is 55.7 cm³/mol. The Hall–Kier alpha value is -0.903. The van der Waals surface area contributed by atoms with Crippen LogP contribution in [0, 0.1) is 0 Å². The molecule has 0 fully saturated rings. The molecule has 0 N–H and O–H groups in total. The van der Waals surface area contributed by atoms with Crippen molar-refractivity contribution in [1.29, 1.82) is 0 Å². The first-order valence-electron chi connectivity index (χ1n) is 4.11. The molecule has 13 heavy (non-hydrogen) atoms. The maximum atomic E-state index is 5.69. The molecule has 0 aliphatic rings. The number of rotatable bonds is 5. The van der Waals surface area contributed by atoms with E-state index in [4.69, 9.17) is 13.9 Å². The molecule has 76 valence electrons. The van der Waals surface area contributed by atoms with E-state index in [1.807, 2.05) is 0 Å². The fourth-order valence-corrected chi connectivity index (χ4v) is 1.53. The van der Waals surface area contributed by atoms with Crippen LogP contribution in [0.5, 0.6) is 0 Å². The van der Waals surface area contributed by atoms with E-state index >= 15 is 0 Å². The molecule has 4 heteroatoms. The Morgan fingerprint density at radius 2 is 1.69 bits per heavy atom. The van der Waals surface area contributed by atoms with E-state index in [1.54, 1.807) is 32.8 Å². The molecule has 0 aromatic carbocycles. The van der Waals surface area contributed by atoms with Crippen molar-refractivity contribution in [2.75, 3.05) is 14.2 Å². The number of ether oxygens (including phenoxy) is 2. The van der Waals surface area contributed by atoms with Gasteiger partial charge in [-0.05, 0) is 19.6 Å². The van der Waals surface area contributed by atoms with Gasteiger partial charge in [-0.25, -0.2) is 0 Å². The second-order valence-corrected chi connectivity index (χ2v) is 7.94. The maximum Gasteiger partial charge on any atom is 0.242 e. The van der Waals surface area contributed by atoms with Gasteiger partial charge in [-0.3, -0.25) is 0 Å². The highest BCUT2D eigenvalue weighted by Gasteiger charge is 2.16. The average molecular weight is 202 g/mol. The minimum Gasteiger partial charge on any atom is -0.542 e. The molecule has 0 aromatic rings. The van der Waals surface area contributed by atoms with Crippen molar-refractivity contribution in [2.45, 2.75) is 19.6 Å². The third-order valence-corrected chi connectivity index (χ3v) is 1.87. The second-order valence-electron chi connectivity index (χ2n) is 3.51. The van der Waals surface area contributed by atoms with Gasteiger partial charge in [0.2, 0.25) is 8.32 Å². The van der Waals surface area contributed by atoms with Crippen LogP contribution < -0.4 is 0 Å². The summed E-state index contributed by atoms with van der Waals surface area (Å²) in [7, 11) is 1.62. The van der Waals surface area contributed by atoms with E-state index in [0.717, 1.165) is 0 Å². The minimum atomic E-state index is -1.56. The lowest BCUT2D eigenvalue weighted by Gasteiger charge is -2.19. The molecule has 0 aromatic heterocycles. The predicted octanol–water partition coefficient (Wildman–Crippen LogP) is 2.49. The van der Waals surface area contributed by atoms with Crippen molar-refractivity contribution >= 4 is 8.32 Å². The number of hydrogen-bond acceptors (Lipinski definition) is 3. The van der Waals surface area contributed by atoms with Crippen LogP contribution in [0.1, 0.15) is 0 Å². The summed E-state index contributed by atoms with van der Waals surface area (Å²) in [6.45, 7) is 6.32. The topological polar surface area (TPSA) is 27.7 Å². The second kappa shape index (κ2) is 5.69. The zero-order chi connectivity index (χ0) is 10.3. The normalized spacial score (nSPS) is 13.2. The Labute approximate surface area is 81.1 Å². The third kappa shape index (κ3) is 7.46. The average Bonchev–Trinajstić information content (AvgIpc) is 1.98. The molecule has 0 aliphatic carbocycles. The smallest absolute Gasteiger partial charge is 0.242 e. The Bertz CT molecular complexity index is 192. The monoisotopic (exact) mass is 202 g/mol. The van der Waals surface area contributed by atoms with Crippen LogP contribution in [0.25, 0.3) is 0 Å². The van der Waals surface area contributed by atoms with Crippen molar-refractivity contribution < 1.29 is 13.9 Å². The fraction of sp³-hybridized carbons (Fsp3) is 0.556. The number of allylic oxidation sites excluding steroid dienone is 1. The summed E-state index contributed by atoms with van der Waals surface area (Å²) in [6, 6.07) is 0. The molecular weight excluding hydrogens is 184 g/mol. The Morgan fingerprint density at radius 1 is 1.08 bits per heavy atom. The van der Waals surface area contributed by atoms with E-state index in [1.165, 1.54) is 0 Å². The SMILES string of the molecule is COC=CC(=COC)O[Si](C)(C)C. The van der Waals surface area contributed by atoms with Gasteiger partial charge in [-0.1, -0.05) is 0 Å². The zero-order valence-corrected chi connectivity index (χ0v) is 9.96. The van der Waals surface area contributed by atoms with E-state index in [9.17, 15) is 0 Å². The van der Waals surface area contributed by atoms with Gasteiger partial charge in [0.1, 0.15) is 12.0 Å². The van der Waals surface area contributed by atoms with Crippen molar-refractivity contribution in [3.05, 3.63) is 24.4 Å². The van der Waals surface area contributed by atoms with Crippen LogP contribution in [0.15, 0.2) is 24.4 Å². The van der Waals surface area contributed by atoms with E-state index < -0.39 is 8.32 Å². The first-order valence-corrected chi connectivity index (χ1v) is 7.52. The van der Waals surface area contributed by atoms with Crippen LogP contribution in [0.2, 0.25) is 19.6 Å². The Morgan fingerprint density at radius 3 is 2.08 bits per heavy atom. The number of hydrogen-bond donors (Lipinski definition) is 0. The first-order chi connectivity index (χ1) is 5.99. The first kappa shape index (κ1) is 12.1. The molecule has 0 saturated heterocycles. The van der Waals surface area contributed by atoms with Gasteiger partial charge in [-0.2, -0.15) is 0 Å². The largest absolute Gasteiger partial charge is 0.542 e. The molecule has 0 unspecified atom stereocenters. The van der Waals surface area contributed by atoms with Crippen LogP contribution >= 0.6 is 0 Å². The molecule has 0 amide bonds. The van der Waals surface area contributed by atoms with Crippen molar-refractivity contribution in [1.82, 2.24) is 0 Å². The van der Waals surface area contributed by atoms with Crippen molar-refractivity contribution in [3.8, 4) is 0 Å².